The van der Waals surface area contributed by atoms with Crippen LogP contribution in [0.3, 0.4) is 0 Å². The fraction of sp³-hybridized carbons (Fsp3) is 0.250. The molecule has 81 valence electrons. The van der Waals surface area contributed by atoms with E-state index in [9.17, 15) is 4.79 Å². The molecule has 1 N–H and O–H groups in total. The summed E-state index contributed by atoms with van der Waals surface area (Å²) in [6, 6.07) is 10.7. The molecule has 1 aromatic carbocycles. The summed E-state index contributed by atoms with van der Waals surface area (Å²) in [7, 11) is -0.212. The van der Waals surface area contributed by atoms with Crippen molar-refractivity contribution in [1.82, 2.24) is 0 Å². The van der Waals surface area contributed by atoms with E-state index in [4.69, 9.17) is 5.11 Å². The number of carboxylic acid groups (broad SMARTS) is 1. The van der Waals surface area contributed by atoms with Crippen LogP contribution in [0, 0.1) is 0 Å². The van der Waals surface area contributed by atoms with E-state index in [0.717, 1.165) is 0 Å². The largest absolute Gasteiger partial charge is 0.478 e. The van der Waals surface area contributed by atoms with E-state index in [1.165, 1.54) is 12.1 Å². The predicted octanol–water partition coefficient (Wildman–Crippen LogP) is 2.30. The Kier molecular flexibility index (Phi) is 6.38. The molecule has 0 amide bonds. The lowest BCUT2D eigenvalue weighted by Gasteiger charge is -1.99. The molecule has 1 radical (unpaired) electrons. The average Bonchev–Trinajstić information content (AvgIpc) is 2.20. The van der Waals surface area contributed by atoms with Crippen molar-refractivity contribution in [1.29, 1.82) is 0 Å². The third-order valence-corrected chi connectivity index (χ3v) is 3.20. The summed E-state index contributed by atoms with van der Waals surface area (Å²) in [6.45, 7) is 9.21. The molecule has 0 heterocycles. The normalized spacial score (nSPS) is 9.07. The summed E-state index contributed by atoms with van der Waals surface area (Å²) in [4.78, 5) is 9.60. The number of rotatable bonds is 2. The van der Waals surface area contributed by atoms with Crippen LogP contribution < -0.4 is 5.19 Å². The first-order valence-electron chi connectivity index (χ1n) is 4.69. The van der Waals surface area contributed by atoms with Crippen molar-refractivity contribution < 1.29 is 9.90 Å². The molecule has 0 unspecified atom stereocenters. The van der Waals surface area contributed by atoms with Gasteiger partial charge in [-0.2, -0.15) is 0 Å². The van der Waals surface area contributed by atoms with Crippen LogP contribution in [0.15, 0.2) is 42.5 Å². The maximum atomic E-state index is 9.60. The molecule has 0 spiro atoms. The van der Waals surface area contributed by atoms with Gasteiger partial charge < -0.3 is 5.11 Å². The first-order valence-corrected chi connectivity index (χ1v) is 7.19. The lowest BCUT2D eigenvalue weighted by Crippen LogP contribution is -2.21. The topological polar surface area (TPSA) is 37.3 Å². The molecule has 0 saturated heterocycles. The van der Waals surface area contributed by atoms with Gasteiger partial charge >= 0.3 is 5.97 Å². The van der Waals surface area contributed by atoms with Crippen LogP contribution in [0.25, 0.3) is 0 Å². The zero-order chi connectivity index (χ0) is 11.8. The number of hydrogen-bond donors (Lipinski definition) is 1. The van der Waals surface area contributed by atoms with E-state index in [0.29, 0.717) is 0 Å². The maximum absolute atomic E-state index is 9.60. The van der Waals surface area contributed by atoms with Crippen molar-refractivity contribution in [2.75, 3.05) is 0 Å². The Morgan fingerprint density at radius 1 is 1.27 bits per heavy atom. The van der Waals surface area contributed by atoms with Gasteiger partial charge in [0.2, 0.25) is 0 Å². The predicted molar refractivity (Wildman–Crippen MR) is 66.0 cm³/mol. The minimum Gasteiger partial charge on any atom is -0.478 e. The van der Waals surface area contributed by atoms with Crippen LogP contribution in [0.2, 0.25) is 13.1 Å². The third-order valence-electron chi connectivity index (χ3n) is 1.72. The summed E-state index contributed by atoms with van der Waals surface area (Å²) in [5, 5.41) is 9.41. The average molecular weight is 221 g/mol. The second kappa shape index (κ2) is 7.01. The van der Waals surface area contributed by atoms with E-state index >= 15 is 0 Å². The fourth-order valence-corrected chi connectivity index (χ4v) is 1.63. The Hall–Kier alpha value is -1.35. The Morgan fingerprint density at radius 2 is 1.67 bits per heavy atom. The van der Waals surface area contributed by atoms with Gasteiger partial charge in [0.1, 0.15) is 0 Å². The lowest BCUT2D eigenvalue weighted by atomic mass is 10.4. The molecule has 0 saturated carbocycles. The van der Waals surface area contributed by atoms with Gasteiger partial charge in [0, 0.05) is 5.57 Å². The first kappa shape index (κ1) is 13.6. The summed E-state index contributed by atoms with van der Waals surface area (Å²) in [5.41, 5.74) is 0.176. The molecule has 2 nitrogen and oxygen atoms in total. The minimum absolute atomic E-state index is 0.176. The number of aliphatic carboxylic acids is 1. The van der Waals surface area contributed by atoms with Gasteiger partial charge in [-0.1, -0.05) is 55.2 Å². The molecule has 0 atom stereocenters. The zero-order valence-electron chi connectivity index (χ0n) is 9.45. The Bertz CT molecular complexity index is 306. The van der Waals surface area contributed by atoms with E-state index in [-0.39, 0.29) is 14.4 Å². The summed E-state index contributed by atoms with van der Waals surface area (Å²) >= 11 is 0. The molecule has 0 bridgehead atoms. The van der Waals surface area contributed by atoms with E-state index in [1.54, 1.807) is 0 Å². The molecule has 15 heavy (non-hydrogen) atoms. The highest BCUT2D eigenvalue weighted by molar-refractivity contribution is 6.70. The van der Waals surface area contributed by atoms with Crippen molar-refractivity contribution in [3.63, 3.8) is 0 Å². The molecule has 0 aliphatic carbocycles. The molecule has 0 aliphatic rings. The van der Waals surface area contributed by atoms with Crippen molar-refractivity contribution in [2.24, 2.45) is 0 Å². The zero-order valence-corrected chi connectivity index (χ0v) is 10.4. The third kappa shape index (κ3) is 6.68. The van der Waals surface area contributed by atoms with Crippen LogP contribution in [-0.2, 0) is 4.79 Å². The molecule has 0 aromatic heterocycles. The number of carboxylic acids is 1. The number of benzene rings is 1. The summed E-state index contributed by atoms with van der Waals surface area (Å²) < 4.78 is 0. The quantitative estimate of drug-likeness (QED) is 0.614. The van der Waals surface area contributed by atoms with Gasteiger partial charge in [0.05, 0.1) is 8.80 Å². The van der Waals surface area contributed by atoms with Crippen LogP contribution in [0.5, 0.6) is 0 Å². The van der Waals surface area contributed by atoms with Crippen molar-refractivity contribution in [2.45, 2.75) is 20.0 Å². The highest BCUT2D eigenvalue weighted by atomic mass is 28.3. The molecule has 1 aromatic rings. The van der Waals surface area contributed by atoms with Crippen molar-refractivity contribution in [3.05, 3.63) is 42.5 Å². The van der Waals surface area contributed by atoms with Crippen LogP contribution in [-0.4, -0.2) is 19.9 Å². The lowest BCUT2D eigenvalue weighted by molar-refractivity contribution is -0.132. The molecule has 1 rings (SSSR count). The van der Waals surface area contributed by atoms with Gasteiger partial charge in [-0.3, -0.25) is 0 Å². The second-order valence-corrected chi connectivity index (χ2v) is 6.03. The number of hydrogen-bond acceptors (Lipinski definition) is 1. The van der Waals surface area contributed by atoms with Crippen LogP contribution >= 0.6 is 0 Å². The molecular formula is C12H17O2Si. The molecular weight excluding hydrogens is 204 g/mol. The van der Waals surface area contributed by atoms with E-state index in [2.05, 4.69) is 50.0 Å². The first-order chi connectivity index (χ1) is 6.95. The molecule has 3 heteroatoms. The Labute approximate surface area is 92.9 Å². The Morgan fingerprint density at radius 3 is 1.87 bits per heavy atom. The van der Waals surface area contributed by atoms with E-state index < -0.39 is 5.97 Å². The van der Waals surface area contributed by atoms with Gasteiger partial charge in [0.15, 0.2) is 0 Å². The van der Waals surface area contributed by atoms with Gasteiger partial charge in [-0.15, -0.1) is 0 Å². The van der Waals surface area contributed by atoms with Crippen molar-refractivity contribution in [3.8, 4) is 0 Å². The van der Waals surface area contributed by atoms with Gasteiger partial charge in [0.25, 0.3) is 0 Å². The highest BCUT2D eigenvalue weighted by Crippen LogP contribution is 1.86. The van der Waals surface area contributed by atoms with E-state index in [1.807, 2.05) is 0 Å². The Balaban J connectivity index is 0.000000288. The summed E-state index contributed by atoms with van der Waals surface area (Å²) in [5.74, 6) is -0.935. The minimum atomic E-state index is -0.935. The van der Waals surface area contributed by atoms with Crippen molar-refractivity contribution >= 4 is 20.0 Å². The molecule has 0 aliphatic heterocycles. The highest BCUT2D eigenvalue weighted by Gasteiger charge is 1.96. The summed E-state index contributed by atoms with van der Waals surface area (Å²) in [6.07, 6.45) is 0. The standard InChI is InChI=1S/C8H11Si.C4H6O2/c1-9(2)8-6-4-3-5-7-8;1-3(2)4(5)6/h3-7H,1-2H3;1H2,2H3,(H,5,6). The monoisotopic (exact) mass is 221 g/mol. The van der Waals surface area contributed by atoms with Crippen LogP contribution in [0.1, 0.15) is 6.92 Å². The SMILES string of the molecule is C=C(C)C(=O)O.C[Si](C)c1ccccc1. The van der Waals surface area contributed by atoms with Gasteiger partial charge in [-0.25, -0.2) is 4.79 Å². The molecule has 0 fully saturated rings. The second-order valence-electron chi connectivity index (χ2n) is 3.45. The maximum Gasteiger partial charge on any atom is 0.330 e. The smallest absolute Gasteiger partial charge is 0.330 e. The van der Waals surface area contributed by atoms with Crippen LogP contribution in [0.4, 0.5) is 0 Å². The fourth-order valence-electron chi connectivity index (χ4n) is 0.771. The van der Waals surface area contributed by atoms with Gasteiger partial charge in [-0.05, 0) is 6.92 Å². The number of carbonyl (C=O) groups is 1.